The summed E-state index contributed by atoms with van der Waals surface area (Å²) < 4.78 is 0. The fraction of sp³-hybridized carbons (Fsp3) is 0.500. The molecule has 0 spiro atoms. The Balaban J connectivity index is 1.32. The summed E-state index contributed by atoms with van der Waals surface area (Å²) in [6.45, 7) is 3.70. The molecule has 1 amide bonds. The predicted molar refractivity (Wildman–Crippen MR) is 119 cm³/mol. The molecule has 0 bridgehead atoms. The van der Waals surface area contributed by atoms with Gasteiger partial charge >= 0.3 is 0 Å². The first-order valence-corrected chi connectivity index (χ1v) is 11.8. The monoisotopic (exact) mass is 430 g/mol. The van der Waals surface area contributed by atoms with Crippen LogP contribution in [0.4, 0.5) is 5.82 Å². The van der Waals surface area contributed by atoms with Crippen LogP contribution in [0.25, 0.3) is 0 Å². The molecule has 1 aromatic heterocycles. The number of benzene rings is 1. The Morgan fingerprint density at radius 1 is 1.07 bits per heavy atom. The molecule has 0 radical (unpaired) electrons. The lowest BCUT2D eigenvalue weighted by Gasteiger charge is -2.33. The molecule has 5 nitrogen and oxygen atoms in total. The van der Waals surface area contributed by atoms with Gasteiger partial charge in [0.25, 0.3) is 0 Å². The Hall–Kier alpha value is -1.79. The van der Waals surface area contributed by atoms with E-state index in [4.69, 9.17) is 11.6 Å². The lowest BCUT2D eigenvalue weighted by atomic mass is 9.90. The highest BCUT2D eigenvalue weighted by atomic mass is 35.5. The topological polar surface area (TPSA) is 49.3 Å². The van der Waals surface area contributed by atoms with E-state index in [1.165, 1.54) is 17.3 Å². The van der Waals surface area contributed by atoms with Crippen LogP contribution in [-0.2, 0) is 11.2 Å². The van der Waals surface area contributed by atoms with Crippen LogP contribution in [0.15, 0.2) is 41.6 Å². The van der Waals surface area contributed by atoms with Gasteiger partial charge in [-0.3, -0.25) is 4.79 Å². The first-order chi connectivity index (χ1) is 14.2. The molecule has 2 aliphatic rings. The highest BCUT2D eigenvalue weighted by Crippen LogP contribution is 2.28. The van der Waals surface area contributed by atoms with E-state index in [2.05, 4.69) is 45.2 Å². The van der Waals surface area contributed by atoms with E-state index in [9.17, 15) is 4.79 Å². The molecule has 154 valence electrons. The van der Waals surface area contributed by atoms with Gasteiger partial charge in [-0.1, -0.05) is 53.7 Å². The minimum absolute atomic E-state index is 0.166. The van der Waals surface area contributed by atoms with Crippen LogP contribution in [0.3, 0.4) is 0 Å². The number of rotatable bonds is 6. The second-order valence-electron chi connectivity index (χ2n) is 7.83. The summed E-state index contributed by atoms with van der Waals surface area (Å²) in [5.74, 6) is 2.12. The maximum atomic E-state index is 12.3. The Morgan fingerprint density at radius 2 is 1.79 bits per heavy atom. The van der Waals surface area contributed by atoms with Crippen molar-refractivity contribution in [1.29, 1.82) is 0 Å². The minimum atomic E-state index is 0.166. The van der Waals surface area contributed by atoms with E-state index in [-0.39, 0.29) is 5.91 Å². The number of hydrogen-bond donors (Lipinski definition) is 0. The third kappa shape index (κ3) is 5.64. The molecular formula is C22H27ClN4OS. The summed E-state index contributed by atoms with van der Waals surface area (Å²) in [4.78, 5) is 25.5. The van der Waals surface area contributed by atoms with Crippen molar-refractivity contribution >= 4 is 35.1 Å². The summed E-state index contributed by atoms with van der Waals surface area (Å²) in [7, 11) is 0. The van der Waals surface area contributed by atoms with Crippen LogP contribution in [0.1, 0.15) is 31.2 Å². The Kier molecular flexibility index (Phi) is 6.93. The van der Waals surface area contributed by atoms with Gasteiger partial charge in [-0.15, -0.1) is 0 Å². The zero-order valence-electron chi connectivity index (χ0n) is 16.6. The predicted octanol–water partition coefficient (Wildman–Crippen LogP) is 4.30. The molecule has 0 atom stereocenters. The number of halogens is 1. The van der Waals surface area contributed by atoms with Crippen molar-refractivity contribution < 1.29 is 4.79 Å². The van der Waals surface area contributed by atoms with Crippen molar-refractivity contribution in [3.63, 3.8) is 0 Å². The maximum Gasteiger partial charge on any atom is 0.233 e. The van der Waals surface area contributed by atoms with Crippen molar-refractivity contribution in [3.8, 4) is 0 Å². The number of likely N-dealkylation sites (tertiary alicyclic amines) is 1. The van der Waals surface area contributed by atoms with Crippen LogP contribution >= 0.6 is 23.4 Å². The molecule has 2 aromatic rings. The molecule has 0 aliphatic carbocycles. The fourth-order valence-electron chi connectivity index (χ4n) is 4.11. The number of carbonyl (C=O) groups is 1. The van der Waals surface area contributed by atoms with Crippen LogP contribution in [0.2, 0.25) is 5.15 Å². The quantitative estimate of drug-likeness (QED) is 0.388. The highest BCUT2D eigenvalue weighted by Gasteiger charge is 2.22. The molecule has 0 N–H and O–H groups in total. The third-order valence-electron chi connectivity index (χ3n) is 5.75. The number of thioether (sulfide) groups is 1. The summed E-state index contributed by atoms with van der Waals surface area (Å²) >= 11 is 7.65. The molecule has 1 aromatic carbocycles. The zero-order chi connectivity index (χ0) is 20.1. The van der Waals surface area contributed by atoms with Crippen molar-refractivity contribution in [2.75, 3.05) is 36.8 Å². The standard InChI is InChI=1S/C22H27ClN4OS/c23-19-15-20(25-22(24-19)29-16-21(28)27-10-4-5-11-27)26-12-8-18(9-13-26)14-17-6-2-1-3-7-17/h1-3,6-7,15,18H,4-5,8-14,16H2. The number of aromatic nitrogens is 2. The van der Waals surface area contributed by atoms with Gasteiger partial charge < -0.3 is 9.80 Å². The van der Waals surface area contributed by atoms with E-state index in [0.717, 1.165) is 64.1 Å². The number of nitrogens with zero attached hydrogens (tertiary/aromatic N) is 4. The summed E-state index contributed by atoms with van der Waals surface area (Å²) in [6, 6.07) is 12.6. The molecule has 0 saturated carbocycles. The smallest absolute Gasteiger partial charge is 0.233 e. The van der Waals surface area contributed by atoms with Crippen LogP contribution in [0, 0.1) is 5.92 Å². The Morgan fingerprint density at radius 3 is 2.52 bits per heavy atom. The Bertz CT molecular complexity index is 821. The van der Waals surface area contributed by atoms with E-state index in [0.29, 0.717) is 22.0 Å². The number of amides is 1. The first-order valence-electron chi connectivity index (χ1n) is 10.4. The van der Waals surface area contributed by atoms with Crippen molar-refractivity contribution in [1.82, 2.24) is 14.9 Å². The first kappa shape index (κ1) is 20.5. The highest BCUT2D eigenvalue weighted by molar-refractivity contribution is 7.99. The molecule has 29 heavy (non-hydrogen) atoms. The van der Waals surface area contributed by atoms with Crippen LogP contribution in [-0.4, -0.2) is 52.7 Å². The molecule has 3 heterocycles. The lowest BCUT2D eigenvalue weighted by Crippen LogP contribution is -2.35. The van der Waals surface area contributed by atoms with Crippen molar-refractivity contribution in [3.05, 3.63) is 47.1 Å². The Labute approximate surface area is 181 Å². The van der Waals surface area contributed by atoms with Crippen LogP contribution in [0.5, 0.6) is 0 Å². The second kappa shape index (κ2) is 9.81. The molecule has 7 heteroatoms. The van der Waals surface area contributed by atoms with E-state index in [1.54, 1.807) is 0 Å². The molecule has 0 unspecified atom stereocenters. The maximum absolute atomic E-state index is 12.3. The fourth-order valence-corrected chi connectivity index (χ4v) is 5.09. The van der Waals surface area contributed by atoms with E-state index < -0.39 is 0 Å². The summed E-state index contributed by atoms with van der Waals surface area (Å²) in [5, 5.41) is 1.03. The normalized spacial score (nSPS) is 17.7. The van der Waals surface area contributed by atoms with Crippen molar-refractivity contribution in [2.45, 2.75) is 37.3 Å². The van der Waals surface area contributed by atoms with Crippen molar-refractivity contribution in [2.24, 2.45) is 5.92 Å². The van der Waals surface area contributed by atoms with Gasteiger partial charge in [-0.05, 0) is 43.6 Å². The molecule has 2 fully saturated rings. The zero-order valence-corrected chi connectivity index (χ0v) is 18.2. The lowest BCUT2D eigenvalue weighted by molar-refractivity contribution is -0.127. The van der Waals surface area contributed by atoms with Gasteiger partial charge in [0, 0.05) is 32.2 Å². The van der Waals surface area contributed by atoms with Gasteiger partial charge in [0.05, 0.1) is 5.75 Å². The minimum Gasteiger partial charge on any atom is -0.356 e. The van der Waals surface area contributed by atoms with Gasteiger partial charge in [-0.2, -0.15) is 0 Å². The number of piperidine rings is 1. The average Bonchev–Trinajstić information content (AvgIpc) is 3.28. The molecule has 2 aliphatic heterocycles. The molecular weight excluding hydrogens is 404 g/mol. The number of anilines is 1. The van der Waals surface area contributed by atoms with Gasteiger partial charge in [-0.25, -0.2) is 9.97 Å². The molecule has 4 rings (SSSR count). The third-order valence-corrected chi connectivity index (χ3v) is 6.78. The summed E-state index contributed by atoms with van der Waals surface area (Å²) in [5.41, 5.74) is 1.41. The second-order valence-corrected chi connectivity index (χ2v) is 9.16. The number of hydrogen-bond acceptors (Lipinski definition) is 5. The SMILES string of the molecule is O=C(CSc1nc(Cl)cc(N2CCC(Cc3ccccc3)CC2)n1)N1CCCC1. The molecule has 2 saturated heterocycles. The van der Waals surface area contributed by atoms with E-state index >= 15 is 0 Å². The number of carbonyl (C=O) groups excluding carboxylic acids is 1. The van der Waals surface area contributed by atoms with Gasteiger partial charge in [0.15, 0.2) is 5.16 Å². The largest absolute Gasteiger partial charge is 0.356 e. The van der Waals surface area contributed by atoms with Crippen LogP contribution < -0.4 is 4.90 Å². The van der Waals surface area contributed by atoms with E-state index in [1.807, 2.05) is 11.0 Å². The van der Waals surface area contributed by atoms with Gasteiger partial charge in [0.1, 0.15) is 11.0 Å². The van der Waals surface area contributed by atoms with Gasteiger partial charge in [0.2, 0.25) is 5.91 Å². The summed E-state index contributed by atoms with van der Waals surface area (Å²) in [6.07, 6.45) is 5.64. The average molecular weight is 431 g/mol.